The number of carbonyl (C=O) groups is 1. The second-order valence-corrected chi connectivity index (χ2v) is 5.21. The largest absolute Gasteiger partial charge is 0.317 e. The van der Waals surface area contributed by atoms with Crippen molar-refractivity contribution in [1.82, 2.24) is 5.32 Å². The number of halogens is 1. The zero-order valence-electron chi connectivity index (χ0n) is 10.3. The van der Waals surface area contributed by atoms with Crippen LogP contribution in [0.15, 0.2) is 12.1 Å². The highest BCUT2D eigenvalue weighted by Crippen LogP contribution is 2.26. The van der Waals surface area contributed by atoms with Crippen LogP contribution < -0.4 is 5.32 Å². The Balaban J connectivity index is 2.26. The number of nitrogens with one attached hydrogen (secondary N) is 1. The zero-order valence-corrected chi connectivity index (χ0v) is 11.1. The molecule has 0 spiro atoms. The summed E-state index contributed by atoms with van der Waals surface area (Å²) < 4.78 is 0. The van der Waals surface area contributed by atoms with Crippen molar-refractivity contribution < 1.29 is 4.79 Å². The van der Waals surface area contributed by atoms with E-state index in [1.165, 1.54) is 0 Å². The Kier molecular flexibility index (Phi) is 3.85. The summed E-state index contributed by atoms with van der Waals surface area (Å²) in [6.45, 7) is 5.89. The Bertz CT molecular complexity index is 436. The van der Waals surface area contributed by atoms with E-state index in [2.05, 4.69) is 5.32 Å². The maximum absolute atomic E-state index is 12.4. The molecule has 1 N–H and O–H groups in total. The van der Waals surface area contributed by atoms with Gasteiger partial charge in [0.05, 0.1) is 5.02 Å². The first-order chi connectivity index (χ1) is 8.09. The molecule has 3 heteroatoms. The van der Waals surface area contributed by atoms with Gasteiger partial charge in [0.1, 0.15) is 0 Å². The molecule has 0 aromatic heterocycles. The zero-order chi connectivity index (χ0) is 12.4. The SMILES string of the molecule is Cc1cc(Cl)c(C(=O)C2CCNCC2)cc1C. The van der Waals surface area contributed by atoms with Crippen LogP contribution in [0.3, 0.4) is 0 Å². The number of aryl methyl sites for hydroxylation is 2. The minimum Gasteiger partial charge on any atom is -0.317 e. The van der Waals surface area contributed by atoms with Crippen LogP contribution in [0.4, 0.5) is 0 Å². The fourth-order valence-electron chi connectivity index (χ4n) is 2.27. The van der Waals surface area contributed by atoms with Gasteiger partial charge in [0.2, 0.25) is 0 Å². The second kappa shape index (κ2) is 5.19. The third-order valence-electron chi connectivity index (χ3n) is 3.56. The quantitative estimate of drug-likeness (QED) is 0.819. The van der Waals surface area contributed by atoms with Crippen molar-refractivity contribution in [1.29, 1.82) is 0 Å². The van der Waals surface area contributed by atoms with Crippen LogP contribution in [-0.4, -0.2) is 18.9 Å². The van der Waals surface area contributed by atoms with Gasteiger partial charge >= 0.3 is 0 Å². The number of ketones is 1. The molecule has 1 heterocycles. The molecular weight excluding hydrogens is 234 g/mol. The predicted octanol–water partition coefficient (Wildman–Crippen LogP) is 3.14. The molecule has 0 atom stereocenters. The van der Waals surface area contributed by atoms with Crippen molar-refractivity contribution in [3.05, 3.63) is 33.8 Å². The molecule has 1 saturated heterocycles. The third kappa shape index (κ3) is 2.70. The highest BCUT2D eigenvalue weighted by molar-refractivity contribution is 6.34. The van der Waals surface area contributed by atoms with E-state index in [9.17, 15) is 4.79 Å². The van der Waals surface area contributed by atoms with E-state index in [-0.39, 0.29) is 11.7 Å². The van der Waals surface area contributed by atoms with Gasteiger partial charge in [-0.15, -0.1) is 0 Å². The average molecular weight is 252 g/mol. The number of piperidine rings is 1. The number of hydrogen-bond acceptors (Lipinski definition) is 2. The molecule has 0 radical (unpaired) electrons. The van der Waals surface area contributed by atoms with Gasteiger partial charge in [0.25, 0.3) is 0 Å². The first kappa shape index (κ1) is 12.6. The van der Waals surface area contributed by atoms with E-state index in [4.69, 9.17) is 11.6 Å². The molecule has 0 saturated carbocycles. The van der Waals surface area contributed by atoms with Crippen molar-refractivity contribution in [2.45, 2.75) is 26.7 Å². The van der Waals surface area contributed by atoms with Crippen molar-refractivity contribution in [3.63, 3.8) is 0 Å². The van der Waals surface area contributed by atoms with E-state index in [1.807, 2.05) is 26.0 Å². The van der Waals surface area contributed by atoms with Crippen LogP contribution in [-0.2, 0) is 0 Å². The maximum Gasteiger partial charge on any atom is 0.167 e. The first-order valence-electron chi connectivity index (χ1n) is 6.11. The number of hydrogen-bond donors (Lipinski definition) is 1. The Labute approximate surface area is 107 Å². The summed E-state index contributed by atoms with van der Waals surface area (Å²) in [5.74, 6) is 0.343. The molecular formula is C14H18ClNO. The normalized spacial score (nSPS) is 17.1. The lowest BCUT2D eigenvalue weighted by Crippen LogP contribution is -2.32. The molecule has 2 nitrogen and oxygen atoms in total. The Morgan fingerprint density at radius 1 is 1.24 bits per heavy atom. The molecule has 0 bridgehead atoms. The van der Waals surface area contributed by atoms with Gasteiger partial charge < -0.3 is 5.32 Å². The summed E-state index contributed by atoms with van der Waals surface area (Å²) in [5, 5.41) is 3.87. The average Bonchev–Trinajstić information content (AvgIpc) is 2.34. The predicted molar refractivity (Wildman–Crippen MR) is 70.9 cm³/mol. The van der Waals surface area contributed by atoms with Crippen molar-refractivity contribution in [3.8, 4) is 0 Å². The van der Waals surface area contributed by atoms with Crippen LogP contribution in [0, 0.1) is 19.8 Å². The molecule has 1 fully saturated rings. The van der Waals surface area contributed by atoms with E-state index in [0.29, 0.717) is 10.6 Å². The number of benzene rings is 1. The second-order valence-electron chi connectivity index (χ2n) is 4.80. The van der Waals surface area contributed by atoms with Gasteiger partial charge in [0, 0.05) is 11.5 Å². The van der Waals surface area contributed by atoms with E-state index < -0.39 is 0 Å². The van der Waals surface area contributed by atoms with E-state index in [1.54, 1.807) is 0 Å². The third-order valence-corrected chi connectivity index (χ3v) is 3.87. The van der Waals surface area contributed by atoms with Gasteiger partial charge in [-0.3, -0.25) is 4.79 Å². The van der Waals surface area contributed by atoms with Gasteiger partial charge in [-0.25, -0.2) is 0 Å². The van der Waals surface area contributed by atoms with Crippen LogP contribution in [0.5, 0.6) is 0 Å². The lowest BCUT2D eigenvalue weighted by atomic mass is 9.88. The highest BCUT2D eigenvalue weighted by Gasteiger charge is 2.24. The number of carbonyl (C=O) groups excluding carboxylic acids is 1. The molecule has 1 aromatic carbocycles. The molecule has 2 rings (SSSR count). The summed E-state index contributed by atoms with van der Waals surface area (Å²) in [5.41, 5.74) is 2.96. The van der Waals surface area contributed by atoms with Crippen LogP contribution in [0.25, 0.3) is 0 Å². The fourth-order valence-corrected chi connectivity index (χ4v) is 2.59. The molecule has 0 unspecified atom stereocenters. The Hall–Kier alpha value is -0.860. The van der Waals surface area contributed by atoms with Gasteiger partial charge in [0.15, 0.2) is 5.78 Å². The van der Waals surface area contributed by atoms with E-state index >= 15 is 0 Å². The van der Waals surface area contributed by atoms with Gasteiger partial charge in [-0.05, 0) is 63.0 Å². The molecule has 0 aliphatic carbocycles. The summed E-state index contributed by atoms with van der Waals surface area (Å²) >= 11 is 6.18. The minimum atomic E-state index is 0.135. The highest BCUT2D eigenvalue weighted by atomic mass is 35.5. The van der Waals surface area contributed by atoms with Crippen molar-refractivity contribution >= 4 is 17.4 Å². The molecule has 0 amide bonds. The van der Waals surface area contributed by atoms with Gasteiger partial charge in [-0.2, -0.15) is 0 Å². The lowest BCUT2D eigenvalue weighted by Gasteiger charge is -2.22. The maximum atomic E-state index is 12.4. The summed E-state index contributed by atoms with van der Waals surface area (Å²) in [7, 11) is 0. The summed E-state index contributed by atoms with van der Waals surface area (Å²) in [4.78, 5) is 12.4. The molecule has 1 aromatic rings. The van der Waals surface area contributed by atoms with Gasteiger partial charge in [-0.1, -0.05) is 11.6 Å². The lowest BCUT2D eigenvalue weighted by molar-refractivity contribution is 0.0895. The summed E-state index contributed by atoms with van der Waals surface area (Å²) in [6.07, 6.45) is 1.84. The number of Topliss-reactive ketones (excluding diaryl/α,β-unsaturated/α-hetero) is 1. The number of rotatable bonds is 2. The van der Waals surface area contributed by atoms with Crippen LogP contribution in [0.2, 0.25) is 5.02 Å². The smallest absolute Gasteiger partial charge is 0.167 e. The fraction of sp³-hybridized carbons (Fsp3) is 0.500. The standard InChI is InChI=1S/C14H18ClNO/c1-9-7-12(13(15)8-10(9)2)14(17)11-3-5-16-6-4-11/h7-8,11,16H,3-6H2,1-2H3. The monoisotopic (exact) mass is 251 g/mol. The van der Waals surface area contributed by atoms with Crippen molar-refractivity contribution in [2.75, 3.05) is 13.1 Å². The van der Waals surface area contributed by atoms with Crippen LogP contribution >= 0.6 is 11.6 Å². The Morgan fingerprint density at radius 2 is 1.82 bits per heavy atom. The topological polar surface area (TPSA) is 29.1 Å². The molecule has 17 heavy (non-hydrogen) atoms. The minimum absolute atomic E-state index is 0.135. The Morgan fingerprint density at radius 3 is 2.47 bits per heavy atom. The first-order valence-corrected chi connectivity index (χ1v) is 6.49. The molecule has 92 valence electrons. The molecule has 1 aliphatic rings. The summed E-state index contributed by atoms with van der Waals surface area (Å²) in [6, 6.07) is 3.83. The van der Waals surface area contributed by atoms with E-state index in [0.717, 1.165) is 37.1 Å². The van der Waals surface area contributed by atoms with Crippen molar-refractivity contribution in [2.24, 2.45) is 5.92 Å². The molecule has 1 aliphatic heterocycles. The van der Waals surface area contributed by atoms with Crippen LogP contribution in [0.1, 0.15) is 34.3 Å².